The van der Waals surface area contributed by atoms with Crippen molar-refractivity contribution in [1.82, 2.24) is 19.8 Å². The lowest BCUT2D eigenvalue weighted by Crippen LogP contribution is -2.60. The molecule has 0 unspecified atom stereocenters. The van der Waals surface area contributed by atoms with Gasteiger partial charge in [-0.1, -0.05) is 6.07 Å². The summed E-state index contributed by atoms with van der Waals surface area (Å²) in [5.74, 6) is 3.12. The maximum atomic E-state index is 5.66. The van der Waals surface area contributed by atoms with Crippen molar-refractivity contribution >= 4 is 0 Å². The number of aryl methyl sites for hydroxylation is 1. The zero-order chi connectivity index (χ0) is 18.0. The summed E-state index contributed by atoms with van der Waals surface area (Å²) in [5, 5.41) is 0. The molecule has 1 aromatic heterocycles. The number of fused-ring (bicyclic) bond motifs is 3. The molecule has 6 nitrogen and oxygen atoms in total. The van der Waals surface area contributed by atoms with Crippen LogP contribution in [0.25, 0.3) is 0 Å². The monoisotopic (exact) mass is 366 g/mol. The van der Waals surface area contributed by atoms with Crippen molar-refractivity contribution in [2.45, 2.75) is 44.3 Å². The van der Waals surface area contributed by atoms with Gasteiger partial charge in [0.1, 0.15) is 0 Å². The quantitative estimate of drug-likeness (QED) is 0.905. The van der Waals surface area contributed by atoms with Crippen LogP contribution in [0.3, 0.4) is 0 Å². The molecule has 2 bridgehead atoms. The Bertz CT molecular complexity index is 858. The third-order valence-electron chi connectivity index (χ3n) is 7.21. The molecule has 142 valence electrons. The van der Waals surface area contributed by atoms with E-state index in [1.807, 2.05) is 6.33 Å². The number of hydrogen-bond acceptors (Lipinski definition) is 5. The minimum absolute atomic E-state index is 0.342. The van der Waals surface area contributed by atoms with E-state index in [4.69, 9.17) is 9.47 Å². The molecule has 5 aliphatic rings. The van der Waals surface area contributed by atoms with E-state index in [1.165, 1.54) is 42.9 Å². The molecule has 0 spiro atoms. The summed E-state index contributed by atoms with van der Waals surface area (Å²) in [6.45, 7) is 7.01. The SMILES string of the molecule is Cc1[nH]cnc1CN1C[C@H](c2ccc3c(c2)OCO3)[C@@H]2[C@H]1C1CCN2CC1. The number of hydrogen-bond donors (Lipinski definition) is 1. The zero-order valence-electron chi connectivity index (χ0n) is 15.7. The Hall–Kier alpha value is -2.05. The standard InChI is InChI=1S/C21H26N4O2/c1-13-17(23-11-22-13)10-25-9-16(15-2-3-18-19(8-15)27-12-26-18)21-20(25)14-4-6-24(21)7-5-14/h2-3,8,11,14,16,20-21H,4-7,9-10,12H2,1H3,(H,22,23)/t16-,20-,21-/m1/s1. The molecule has 0 radical (unpaired) electrons. The lowest BCUT2D eigenvalue weighted by atomic mass is 9.75. The number of piperidine rings is 3. The number of rotatable bonds is 3. The molecule has 27 heavy (non-hydrogen) atoms. The van der Waals surface area contributed by atoms with E-state index in [-0.39, 0.29) is 0 Å². The molecule has 0 amide bonds. The first-order valence-electron chi connectivity index (χ1n) is 10.1. The van der Waals surface area contributed by atoms with Crippen LogP contribution in [-0.4, -0.2) is 58.3 Å². The lowest BCUT2D eigenvalue weighted by molar-refractivity contribution is -0.00900. The molecular formula is C21H26N4O2. The van der Waals surface area contributed by atoms with Gasteiger partial charge in [0.2, 0.25) is 6.79 Å². The molecule has 4 saturated heterocycles. The van der Waals surface area contributed by atoms with Crippen LogP contribution in [-0.2, 0) is 6.54 Å². The van der Waals surface area contributed by atoms with E-state index in [0.717, 1.165) is 30.5 Å². The van der Waals surface area contributed by atoms with E-state index in [2.05, 4.69) is 44.9 Å². The van der Waals surface area contributed by atoms with Gasteiger partial charge in [-0.25, -0.2) is 4.98 Å². The van der Waals surface area contributed by atoms with Crippen LogP contribution < -0.4 is 9.47 Å². The van der Waals surface area contributed by atoms with Crippen LogP contribution in [0.5, 0.6) is 11.5 Å². The highest BCUT2D eigenvalue weighted by Gasteiger charge is 2.53. The van der Waals surface area contributed by atoms with Gasteiger partial charge in [0.25, 0.3) is 0 Å². The van der Waals surface area contributed by atoms with Crippen molar-refractivity contribution in [3.63, 3.8) is 0 Å². The van der Waals surface area contributed by atoms with Crippen molar-refractivity contribution in [3.05, 3.63) is 41.5 Å². The van der Waals surface area contributed by atoms with E-state index < -0.39 is 0 Å². The van der Waals surface area contributed by atoms with Crippen LogP contribution >= 0.6 is 0 Å². The van der Waals surface area contributed by atoms with Crippen LogP contribution in [0.2, 0.25) is 0 Å². The van der Waals surface area contributed by atoms with E-state index in [1.54, 1.807) is 0 Å². The summed E-state index contributed by atoms with van der Waals surface area (Å²) in [6.07, 6.45) is 4.50. The third-order valence-corrected chi connectivity index (χ3v) is 7.21. The average Bonchev–Trinajstić information content (AvgIpc) is 3.42. The van der Waals surface area contributed by atoms with Gasteiger partial charge in [-0.05, 0) is 56.5 Å². The Labute approximate surface area is 159 Å². The topological polar surface area (TPSA) is 53.6 Å². The first kappa shape index (κ1) is 16.0. The second-order valence-corrected chi connectivity index (χ2v) is 8.48. The Kier molecular flexibility index (Phi) is 3.53. The molecule has 3 atom stereocenters. The summed E-state index contributed by atoms with van der Waals surface area (Å²) in [5.41, 5.74) is 3.78. The van der Waals surface area contributed by atoms with Crippen LogP contribution in [0, 0.1) is 12.8 Å². The maximum absolute atomic E-state index is 5.66. The fourth-order valence-corrected chi connectivity index (χ4v) is 5.90. The number of aromatic amines is 1. The summed E-state index contributed by atoms with van der Waals surface area (Å²) >= 11 is 0. The van der Waals surface area contributed by atoms with Gasteiger partial charge >= 0.3 is 0 Å². The number of nitrogens with one attached hydrogen (secondary N) is 1. The predicted molar refractivity (Wildman–Crippen MR) is 101 cm³/mol. The third kappa shape index (κ3) is 2.43. The molecule has 1 N–H and O–H groups in total. The Morgan fingerprint density at radius 2 is 2.00 bits per heavy atom. The van der Waals surface area contributed by atoms with Crippen molar-refractivity contribution in [2.24, 2.45) is 5.92 Å². The normalized spacial score (nSPS) is 34.2. The molecule has 6 heteroatoms. The zero-order valence-corrected chi connectivity index (χ0v) is 15.7. The van der Waals surface area contributed by atoms with E-state index >= 15 is 0 Å². The summed E-state index contributed by atoms with van der Waals surface area (Å²) in [7, 11) is 0. The molecular weight excluding hydrogens is 340 g/mol. The number of likely N-dealkylation sites (tertiary alicyclic amines) is 1. The van der Waals surface area contributed by atoms with Gasteiger partial charge in [0.05, 0.1) is 12.0 Å². The maximum Gasteiger partial charge on any atom is 0.231 e. The van der Waals surface area contributed by atoms with Crippen molar-refractivity contribution in [2.75, 3.05) is 26.4 Å². The van der Waals surface area contributed by atoms with Gasteiger partial charge in [-0.2, -0.15) is 0 Å². The molecule has 0 saturated carbocycles. The van der Waals surface area contributed by atoms with Crippen molar-refractivity contribution in [3.8, 4) is 11.5 Å². The van der Waals surface area contributed by atoms with Gasteiger partial charge in [0.15, 0.2) is 11.5 Å². The second kappa shape index (κ2) is 5.97. The van der Waals surface area contributed by atoms with E-state index in [9.17, 15) is 0 Å². The summed E-state index contributed by atoms with van der Waals surface area (Å²) in [4.78, 5) is 13.3. The summed E-state index contributed by atoms with van der Waals surface area (Å²) < 4.78 is 11.2. The second-order valence-electron chi connectivity index (χ2n) is 8.48. The molecule has 5 aliphatic heterocycles. The highest BCUT2D eigenvalue weighted by atomic mass is 16.7. The first-order chi connectivity index (χ1) is 13.3. The smallest absolute Gasteiger partial charge is 0.231 e. The van der Waals surface area contributed by atoms with Gasteiger partial charge in [-0.15, -0.1) is 0 Å². The van der Waals surface area contributed by atoms with Crippen molar-refractivity contribution < 1.29 is 9.47 Å². The fraction of sp³-hybridized carbons (Fsp3) is 0.571. The number of ether oxygens (including phenoxy) is 2. The van der Waals surface area contributed by atoms with E-state index in [0.29, 0.717) is 24.8 Å². The Balaban J connectivity index is 1.36. The number of imidazole rings is 1. The van der Waals surface area contributed by atoms with Crippen LogP contribution in [0.1, 0.15) is 35.7 Å². The molecule has 1 aromatic carbocycles. The summed E-state index contributed by atoms with van der Waals surface area (Å²) in [6, 6.07) is 7.80. The highest BCUT2D eigenvalue weighted by molar-refractivity contribution is 5.46. The molecule has 4 fully saturated rings. The molecule has 7 rings (SSSR count). The molecule has 0 aliphatic carbocycles. The number of nitrogens with zero attached hydrogens (tertiary/aromatic N) is 3. The Morgan fingerprint density at radius 1 is 1.15 bits per heavy atom. The molecule has 2 aromatic rings. The van der Waals surface area contributed by atoms with Crippen LogP contribution in [0.15, 0.2) is 24.5 Å². The van der Waals surface area contributed by atoms with Gasteiger partial charge in [0, 0.05) is 36.8 Å². The first-order valence-corrected chi connectivity index (χ1v) is 10.1. The van der Waals surface area contributed by atoms with Gasteiger partial charge in [-0.3, -0.25) is 9.80 Å². The van der Waals surface area contributed by atoms with Crippen molar-refractivity contribution in [1.29, 1.82) is 0 Å². The fourth-order valence-electron chi connectivity index (χ4n) is 5.90. The number of benzene rings is 1. The molecule has 6 heterocycles. The minimum atomic E-state index is 0.342. The Morgan fingerprint density at radius 3 is 2.81 bits per heavy atom. The average molecular weight is 366 g/mol. The largest absolute Gasteiger partial charge is 0.454 e. The highest BCUT2D eigenvalue weighted by Crippen LogP contribution is 2.48. The van der Waals surface area contributed by atoms with Gasteiger partial charge < -0.3 is 14.5 Å². The lowest BCUT2D eigenvalue weighted by Gasteiger charge is -2.51. The van der Waals surface area contributed by atoms with Crippen LogP contribution in [0.4, 0.5) is 0 Å². The predicted octanol–water partition coefficient (Wildman–Crippen LogP) is 2.51. The minimum Gasteiger partial charge on any atom is -0.454 e. The number of H-pyrrole nitrogens is 1. The number of aromatic nitrogens is 2.